The van der Waals surface area contributed by atoms with E-state index in [0.717, 1.165) is 32.7 Å². The quantitative estimate of drug-likeness (QED) is 0.448. The van der Waals surface area contributed by atoms with Gasteiger partial charge in [-0.3, -0.25) is 9.45 Å². The summed E-state index contributed by atoms with van der Waals surface area (Å²) in [6.45, 7) is 11.2. The van der Waals surface area contributed by atoms with E-state index in [9.17, 15) is 8.42 Å². The molecule has 0 aliphatic carbocycles. The van der Waals surface area contributed by atoms with Gasteiger partial charge in [0.25, 0.3) is 10.1 Å². The van der Waals surface area contributed by atoms with Gasteiger partial charge in [0.2, 0.25) is 0 Å². The van der Waals surface area contributed by atoms with Gasteiger partial charge in [-0.1, -0.05) is 19.6 Å². The Morgan fingerprint density at radius 2 is 1.82 bits per heavy atom. The maximum atomic E-state index is 10.6. The second kappa shape index (κ2) is 5.79. The highest BCUT2D eigenvalue weighted by molar-refractivity contribution is 7.85. The Labute approximate surface area is 106 Å². The first-order valence-corrected chi connectivity index (χ1v) is 11.2. The first kappa shape index (κ1) is 15.1. The summed E-state index contributed by atoms with van der Waals surface area (Å²) in [4.78, 5) is 2.36. The lowest BCUT2D eigenvalue weighted by Gasteiger charge is -2.29. The molecule has 0 amide bonds. The van der Waals surface area contributed by atoms with Crippen LogP contribution < -0.4 is 0 Å². The zero-order valence-electron chi connectivity index (χ0n) is 11.0. The first-order chi connectivity index (χ1) is 7.68. The van der Waals surface area contributed by atoms with E-state index in [4.69, 9.17) is 4.55 Å². The van der Waals surface area contributed by atoms with E-state index in [1.54, 1.807) is 0 Å². The number of hydrogen-bond acceptors (Lipinski definition) is 4. The molecule has 1 saturated heterocycles. The molecule has 5 nitrogen and oxygen atoms in total. The summed E-state index contributed by atoms with van der Waals surface area (Å²) in [5, 5.41) is 0. The van der Waals surface area contributed by atoms with Gasteiger partial charge in [0.15, 0.2) is 0 Å². The second-order valence-corrected chi connectivity index (χ2v) is 12.2. The summed E-state index contributed by atoms with van der Waals surface area (Å²) in [7, 11) is -4.96. The monoisotopic (exact) mass is 280 g/mol. The molecule has 0 unspecified atom stereocenters. The molecule has 0 aromatic carbocycles. The number of rotatable bonds is 6. The predicted octanol–water partition coefficient (Wildman–Crippen LogP) is 1.06. The maximum Gasteiger partial charge on any atom is 0.264 e. The average molecular weight is 280 g/mol. The van der Waals surface area contributed by atoms with Crippen LogP contribution in [0.25, 0.3) is 0 Å². The van der Waals surface area contributed by atoms with Gasteiger partial charge in [0, 0.05) is 19.8 Å². The molecular formula is C10H24N2O3SSi. The molecule has 0 aromatic heterocycles. The number of unbranched alkanes of at least 4 members (excludes halogenated alkanes) is 1. The van der Waals surface area contributed by atoms with Crippen molar-refractivity contribution in [1.29, 1.82) is 0 Å². The fourth-order valence-corrected chi connectivity index (χ4v) is 3.96. The van der Waals surface area contributed by atoms with E-state index >= 15 is 0 Å². The molecule has 7 heteroatoms. The fraction of sp³-hybridized carbons (Fsp3) is 1.00. The second-order valence-electron chi connectivity index (χ2n) is 5.69. The van der Waals surface area contributed by atoms with Crippen molar-refractivity contribution >= 4 is 18.4 Å². The van der Waals surface area contributed by atoms with Gasteiger partial charge < -0.3 is 4.57 Å². The van der Waals surface area contributed by atoms with Crippen molar-refractivity contribution in [3.63, 3.8) is 0 Å². The van der Waals surface area contributed by atoms with Crippen LogP contribution in [0, 0.1) is 0 Å². The van der Waals surface area contributed by atoms with Gasteiger partial charge >= 0.3 is 0 Å². The molecule has 1 aliphatic rings. The molecule has 17 heavy (non-hydrogen) atoms. The third-order valence-corrected chi connectivity index (χ3v) is 6.20. The van der Waals surface area contributed by atoms with E-state index in [1.165, 1.54) is 0 Å². The number of hydrogen-bond donors (Lipinski definition) is 1. The summed E-state index contributed by atoms with van der Waals surface area (Å²) in [6, 6.07) is 0. The van der Waals surface area contributed by atoms with Gasteiger partial charge in [-0.15, -0.1) is 0 Å². The van der Waals surface area contributed by atoms with Gasteiger partial charge in [-0.25, -0.2) is 0 Å². The van der Waals surface area contributed by atoms with Crippen molar-refractivity contribution in [2.75, 3.05) is 32.1 Å². The molecule has 0 bridgehead atoms. The predicted molar refractivity (Wildman–Crippen MR) is 72.1 cm³/mol. The molecule has 1 heterocycles. The minimum Gasteiger partial charge on any atom is -0.311 e. The highest BCUT2D eigenvalue weighted by Crippen LogP contribution is 2.15. The van der Waals surface area contributed by atoms with E-state index in [2.05, 4.69) is 29.1 Å². The molecule has 0 saturated carbocycles. The van der Waals surface area contributed by atoms with E-state index < -0.39 is 18.4 Å². The first-order valence-electron chi connectivity index (χ1n) is 6.11. The summed E-state index contributed by atoms with van der Waals surface area (Å²) in [6.07, 6.45) is 1.38. The largest absolute Gasteiger partial charge is 0.311 e. The number of nitrogens with zero attached hydrogens (tertiary/aromatic N) is 2. The van der Waals surface area contributed by atoms with Crippen LogP contribution in [0.2, 0.25) is 19.6 Å². The minimum absolute atomic E-state index is 0.113. The molecule has 0 radical (unpaired) electrons. The van der Waals surface area contributed by atoms with Crippen molar-refractivity contribution in [1.82, 2.24) is 9.47 Å². The Balaban J connectivity index is 2.19. The smallest absolute Gasteiger partial charge is 0.264 e. The van der Waals surface area contributed by atoms with E-state index in [1.807, 2.05) is 0 Å². The van der Waals surface area contributed by atoms with Crippen LogP contribution in [0.5, 0.6) is 0 Å². The summed E-state index contributed by atoms with van der Waals surface area (Å²) >= 11 is 0. The lowest BCUT2D eigenvalue weighted by atomic mass is 10.3. The highest BCUT2D eigenvalue weighted by Gasteiger charge is 2.29. The molecule has 0 aromatic rings. The topological polar surface area (TPSA) is 60.9 Å². The molecule has 1 aliphatic heterocycles. The summed E-state index contributed by atoms with van der Waals surface area (Å²) < 4.78 is 32.3. The van der Waals surface area contributed by atoms with Crippen LogP contribution in [0.4, 0.5) is 0 Å². The van der Waals surface area contributed by atoms with Gasteiger partial charge in [0.1, 0.15) is 8.24 Å². The molecule has 1 fully saturated rings. The SMILES string of the molecule is C[Si](C)(C)N1CCN(CCCCS(=O)(=O)O)C1. The van der Waals surface area contributed by atoms with Crippen molar-refractivity contribution in [3.8, 4) is 0 Å². The molecule has 1 rings (SSSR count). The minimum atomic E-state index is -3.78. The Hall–Kier alpha value is 0.0469. The summed E-state index contributed by atoms with van der Waals surface area (Å²) in [5.74, 6) is -0.113. The average Bonchev–Trinajstić information content (AvgIpc) is 2.58. The normalized spacial score (nSPS) is 20.0. The van der Waals surface area contributed by atoms with Crippen LogP contribution in [-0.4, -0.2) is 62.7 Å². The highest BCUT2D eigenvalue weighted by atomic mass is 32.2. The van der Waals surface area contributed by atoms with Crippen LogP contribution in [0.3, 0.4) is 0 Å². The Morgan fingerprint density at radius 3 is 2.29 bits per heavy atom. The summed E-state index contributed by atoms with van der Waals surface area (Å²) in [5.41, 5.74) is 0. The lowest BCUT2D eigenvalue weighted by Crippen LogP contribution is -2.45. The van der Waals surface area contributed by atoms with Gasteiger partial charge in [0.05, 0.1) is 5.75 Å². The molecule has 1 N–H and O–H groups in total. The van der Waals surface area contributed by atoms with Crippen LogP contribution in [0.15, 0.2) is 0 Å². The van der Waals surface area contributed by atoms with Crippen molar-refractivity contribution < 1.29 is 13.0 Å². The van der Waals surface area contributed by atoms with Crippen LogP contribution in [-0.2, 0) is 10.1 Å². The molecule has 0 spiro atoms. The zero-order valence-corrected chi connectivity index (χ0v) is 12.8. The van der Waals surface area contributed by atoms with Crippen molar-refractivity contribution in [2.45, 2.75) is 32.5 Å². The molecule has 0 atom stereocenters. The lowest BCUT2D eigenvalue weighted by molar-refractivity contribution is 0.297. The van der Waals surface area contributed by atoms with Gasteiger partial charge in [-0.05, 0) is 19.4 Å². The van der Waals surface area contributed by atoms with Gasteiger partial charge in [-0.2, -0.15) is 8.42 Å². The Morgan fingerprint density at radius 1 is 1.18 bits per heavy atom. The zero-order chi connectivity index (χ0) is 13.1. The molecular weight excluding hydrogens is 256 g/mol. The van der Waals surface area contributed by atoms with E-state index in [0.29, 0.717) is 6.42 Å². The van der Waals surface area contributed by atoms with Crippen LogP contribution in [0.1, 0.15) is 12.8 Å². The van der Waals surface area contributed by atoms with Crippen molar-refractivity contribution in [2.24, 2.45) is 0 Å². The Bertz CT molecular complexity index is 340. The third-order valence-electron chi connectivity index (χ3n) is 3.13. The van der Waals surface area contributed by atoms with Crippen LogP contribution >= 0.6 is 0 Å². The molecule has 102 valence electrons. The fourth-order valence-electron chi connectivity index (χ4n) is 1.99. The van der Waals surface area contributed by atoms with E-state index in [-0.39, 0.29) is 5.75 Å². The third kappa shape index (κ3) is 5.96. The standard InChI is InChI=1S/C10H24N2O3SSi/c1-17(2,3)12-8-7-11(10-12)6-4-5-9-16(13,14)15/h4-10H2,1-3H3,(H,13,14,15). The van der Waals surface area contributed by atoms with Crippen molar-refractivity contribution in [3.05, 3.63) is 0 Å². The maximum absolute atomic E-state index is 10.6. The Kier molecular flexibility index (Phi) is 5.15.